The Labute approximate surface area is 274 Å². The van der Waals surface area contributed by atoms with Crippen LogP contribution in [0.15, 0.2) is 33.5 Å². The summed E-state index contributed by atoms with van der Waals surface area (Å²) in [6.45, 7) is 7.46. The summed E-state index contributed by atoms with van der Waals surface area (Å²) in [6.07, 6.45) is -3.05. The lowest BCUT2D eigenvalue weighted by atomic mass is 9.97. The molecule has 1 heterocycles. The minimum Gasteiger partial charge on any atom is -0.481 e. The van der Waals surface area contributed by atoms with E-state index in [-0.39, 0.29) is 17.2 Å². The molecule has 48 heavy (non-hydrogen) atoms. The fourth-order valence-electron chi connectivity index (χ4n) is 4.66. The second-order valence-electron chi connectivity index (χ2n) is 11.4. The van der Waals surface area contributed by atoms with Crippen LogP contribution < -0.4 is 32.2 Å². The molecular weight excluding hydrogens is 634 g/mol. The summed E-state index contributed by atoms with van der Waals surface area (Å²) in [5.74, 6) is -7.67. The smallest absolute Gasteiger partial charge is 0.336 e. The molecule has 1 aromatic carbocycles. The van der Waals surface area contributed by atoms with Crippen LogP contribution in [0.4, 0.5) is 5.69 Å². The molecule has 2 aromatic rings. The molecule has 1 aromatic heterocycles. The minimum absolute atomic E-state index is 0.109. The molecule has 17 heteroatoms. The van der Waals surface area contributed by atoms with Gasteiger partial charge < -0.3 is 46.3 Å². The predicted octanol–water partition coefficient (Wildman–Crippen LogP) is -0.235. The van der Waals surface area contributed by atoms with Crippen LogP contribution in [0, 0.1) is 12.8 Å². The van der Waals surface area contributed by atoms with Gasteiger partial charge in [-0.1, -0.05) is 20.3 Å². The van der Waals surface area contributed by atoms with Gasteiger partial charge in [-0.3, -0.25) is 33.6 Å². The quantitative estimate of drug-likeness (QED) is 0.101. The number of aliphatic hydroxyl groups is 1. The van der Waals surface area contributed by atoms with Gasteiger partial charge in [-0.2, -0.15) is 0 Å². The number of aliphatic hydroxyl groups excluding tert-OH is 1. The molecule has 8 N–H and O–H groups in total. The molecule has 0 saturated heterocycles. The average molecular weight is 676 g/mol. The third-order valence-electron chi connectivity index (χ3n) is 7.43. The molecule has 0 bridgehead atoms. The Balaban J connectivity index is 2.27. The molecule has 0 aliphatic rings. The van der Waals surface area contributed by atoms with Crippen LogP contribution in [-0.4, -0.2) is 87.1 Å². The number of hydrogen-bond donors (Lipinski definition) is 8. The molecule has 6 unspecified atom stereocenters. The van der Waals surface area contributed by atoms with E-state index in [0.29, 0.717) is 17.4 Å². The van der Waals surface area contributed by atoms with E-state index in [1.54, 1.807) is 26.8 Å². The monoisotopic (exact) mass is 675 g/mol. The lowest BCUT2D eigenvalue weighted by Gasteiger charge is -2.28. The first-order valence-electron chi connectivity index (χ1n) is 15.1. The summed E-state index contributed by atoms with van der Waals surface area (Å²) in [4.78, 5) is 99.0. The Hall–Kier alpha value is -5.32. The van der Waals surface area contributed by atoms with E-state index in [9.17, 15) is 53.7 Å². The van der Waals surface area contributed by atoms with Crippen molar-refractivity contribution in [2.45, 2.75) is 90.6 Å². The number of carboxylic acid groups (broad SMARTS) is 2. The number of carboxylic acids is 2. The third-order valence-corrected chi connectivity index (χ3v) is 7.43. The van der Waals surface area contributed by atoms with Crippen molar-refractivity contribution < 1.29 is 53.3 Å². The van der Waals surface area contributed by atoms with Crippen molar-refractivity contribution in [1.82, 2.24) is 21.3 Å². The Kier molecular flexibility index (Phi) is 14.2. The maximum Gasteiger partial charge on any atom is 0.336 e. The molecule has 262 valence electrons. The number of carbonyl (C=O) groups excluding carboxylic acids is 5. The van der Waals surface area contributed by atoms with Crippen molar-refractivity contribution in [2.24, 2.45) is 5.92 Å². The van der Waals surface area contributed by atoms with Crippen molar-refractivity contribution in [1.29, 1.82) is 0 Å². The SMILES string of the molecule is CCC(C)C(NC(C)=O)C(=O)NC(CCC(=O)O)C(=O)NC(C(=O)NC(CC(=O)O)C(=O)Nc1ccc2c(C)cc(=O)oc2c1)C(C)O. The maximum absolute atomic E-state index is 13.3. The molecule has 0 fully saturated rings. The molecule has 6 atom stereocenters. The van der Waals surface area contributed by atoms with Crippen molar-refractivity contribution in [3.8, 4) is 0 Å². The highest BCUT2D eigenvalue weighted by Crippen LogP contribution is 2.21. The van der Waals surface area contributed by atoms with E-state index in [0.717, 1.165) is 6.92 Å². The highest BCUT2D eigenvalue weighted by Gasteiger charge is 2.35. The number of anilines is 1. The number of amides is 5. The number of benzene rings is 1. The number of hydrogen-bond acceptors (Lipinski definition) is 10. The zero-order chi connectivity index (χ0) is 36.3. The van der Waals surface area contributed by atoms with Gasteiger partial charge in [-0.05, 0) is 43.9 Å². The van der Waals surface area contributed by atoms with Crippen LogP contribution in [0.2, 0.25) is 0 Å². The zero-order valence-electron chi connectivity index (χ0n) is 27.1. The summed E-state index contributed by atoms with van der Waals surface area (Å²) in [7, 11) is 0. The van der Waals surface area contributed by atoms with Crippen LogP contribution in [-0.2, 0) is 33.6 Å². The molecule has 0 aliphatic heterocycles. The van der Waals surface area contributed by atoms with E-state index in [1.807, 2.05) is 0 Å². The number of fused-ring (bicyclic) bond motifs is 1. The Morgan fingerprint density at radius 3 is 2.00 bits per heavy atom. The van der Waals surface area contributed by atoms with E-state index < -0.39 is 96.6 Å². The van der Waals surface area contributed by atoms with E-state index in [4.69, 9.17) is 4.42 Å². The van der Waals surface area contributed by atoms with Gasteiger partial charge in [-0.25, -0.2) is 4.79 Å². The van der Waals surface area contributed by atoms with E-state index in [2.05, 4.69) is 26.6 Å². The Morgan fingerprint density at radius 1 is 0.812 bits per heavy atom. The van der Waals surface area contributed by atoms with Gasteiger partial charge in [0.2, 0.25) is 29.5 Å². The zero-order valence-corrected chi connectivity index (χ0v) is 27.1. The summed E-state index contributed by atoms with van der Waals surface area (Å²) < 4.78 is 5.15. The first-order chi connectivity index (χ1) is 22.4. The molecule has 0 saturated carbocycles. The van der Waals surface area contributed by atoms with Crippen LogP contribution in [0.5, 0.6) is 0 Å². The van der Waals surface area contributed by atoms with Gasteiger partial charge in [0, 0.05) is 36.6 Å². The molecule has 5 amide bonds. The Bertz CT molecular complexity index is 1600. The minimum atomic E-state index is -1.79. The third kappa shape index (κ3) is 11.5. The van der Waals surface area contributed by atoms with Crippen LogP contribution in [0.25, 0.3) is 11.0 Å². The highest BCUT2D eigenvalue weighted by molar-refractivity contribution is 6.01. The Morgan fingerprint density at radius 2 is 1.44 bits per heavy atom. The van der Waals surface area contributed by atoms with Crippen LogP contribution >= 0.6 is 0 Å². The maximum atomic E-state index is 13.3. The lowest BCUT2D eigenvalue weighted by Crippen LogP contribution is -2.61. The summed E-state index contributed by atoms with van der Waals surface area (Å²) in [5, 5.41) is 41.3. The van der Waals surface area contributed by atoms with Gasteiger partial charge in [0.1, 0.15) is 29.8 Å². The first kappa shape index (κ1) is 38.9. The molecule has 0 radical (unpaired) electrons. The number of aliphatic carboxylic acids is 2. The largest absolute Gasteiger partial charge is 0.481 e. The lowest BCUT2D eigenvalue weighted by molar-refractivity contribution is -0.141. The predicted molar refractivity (Wildman–Crippen MR) is 170 cm³/mol. The number of rotatable bonds is 17. The summed E-state index contributed by atoms with van der Waals surface area (Å²) in [5.41, 5.74) is 0.247. The number of carbonyl (C=O) groups is 7. The van der Waals surface area contributed by atoms with Crippen molar-refractivity contribution >= 4 is 58.1 Å². The standard InChI is InChI=1S/C31H41N5O12/c1-6-14(2)26(32-17(5)38)30(46)34-20(9-10-23(39)40)28(44)36-27(16(4)37)31(47)35-21(13-24(41)42)29(45)33-18-7-8-19-15(3)11-25(43)48-22(19)12-18/h7-8,11-12,14,16,20-21,26-27,37H,6,9-10,13H2,1-5H3,(H,32,38)(H,33,45)(H,34,46)(H,35,47)(H,36,44)(H,39,40)(H,41,42). The second-order valence-corrected chi connectivity index (χ2v) is 11.4. The van der Waals surface area contributed by atoms with Crippen molar-refractivity contribution in [3.63, 3.8) is 0 Å². The van der Waals surface area contributed by atoms with Gasteiger partial charge in [0.15, 0.2) is 0 Å². The number of aryl methyl sites for hydroxylation is 1. The van der Waals surface area contributed by atoms with Gasteiger partial charge in [0.05, 0.1) is 12.5 Å². The van der Waals surface area contributed by atoms with Gasteiger partial charge in [-0.15, -0.1) is 0 Å². The molecule has 2 rings (SSSR count). The van der Waals surface area contributed by atoms with E-state index in [1.165, 1.54) is 25.1 Å². The molecular formula is C31H41N5O12. The van der Waals surface area contributed by atoms with Gasteiger partial charge >= 0.3 is 17.6 Å². The summed E-state index contributed by atoms with van der Waals surface area (Å²) in [6, 6.07) is -0.450. The fraction of sp³-hybridized carbons (Fsp3) is 0.484. The van der Waals surface area contributed by atoms with Crippen molar-refractivity contribution in [2.75, 3.05) is 5.32 Å². The van der Waals surface area contributed by atoms with Crippen LogP contribution in [0.1, 0.15) is 58.9 Å². The van der Waals surface area contributed by atoms with Gasteiger partial charge in [0.25, 0.3) is 0 Å². The van der Waals surface area contributed by atoms with E-state index >= 15 is 0 Å². The molecule has 0 spiro atoms. The second kappa shape index (κ2) is 17.6. The normalized spacial score (nSPS) is 14.7. The van der Waals surface area contributed by atoms with Crippen LogP contribution in [0.3, 0.4) is 0 Å². The first-order valence-corrected chi connectivity index (χ1v) is 15.1. The highest BCUT2D eigenvalue weighted by atomic mass is 16.4. The van der Waals surface area contributed by atoms with Crippen molar-refractivity contribution in [3.05, 3.63) is 40.2 Å². The molecule has 17 nitrogen and oxygen atoms in total. The fourth-order valence-corrected chi connectivity index (χ4v) is 4.66. The molecule has 0 aliphatic carbocycles. The summed E-state index contributed by atoms with van der Waals surface area (Å²) >= 11 is 0. The average Bonchev–Trinajstić information content (AvgIpc) is 2.98. The number of nitrogens with one attached hydrogen (secondary N) is 5. The topological polar surface area (TPSA) is 271 Å².